The Labute approximate surface area is 332 Å². The third kappa shape index (κ3) is 5.70. The van der Waals surface area contributed by atoms with Gasteiger partial charge in [0.2, 0.25) is 0 Å². The van der Waals surface area contributed by atoms with Crippen LogP contribution in [0.25, 0.3) is 38.3 Å². The van der Waals surface area contributed by atoms with Gasteiger partial charge < -0.3 is 14.4 Å². The van der Waals surface area contributed by atoms with Gasteiger partial charge >= 0.3 is 0 Å². The van der Waals surface area contributed by atoms with Gasteiger partial charge in [-0.05, 0) is 99.2 Å². The van der Waals surface area contributed by atoms with Crippen molar-refractivity contribution in [2.45, 2.75) is 79.1 Å². The van der Waals surface area contributed by atoms with E-state index in [1.54, 1.807) is 0 Å². The zero-order valence-electron chi connectivity index (χ0n) is 34.0. The van der Waals surface area contributed by atoms with Gasteiger partial charge in [0.25, 0.3) is 0 Å². The smallest absolute Gasteiger partial charge is 0.196 e. The van der Waals surface area contributed by atoms with Crippen LogP contribution in [0.2, 0.25) is 0 Å². The third-order valence-corrected chi connectivity index (χ3v) is 11.8. The third-order valence-electron chi connectivity index (χ3n) is 11.8. The highest BCUT2D eigenvalue weighted by molar-refractivity contribution is 6.10. The molecule has 0 aliphatic carbocycles. The molecule has 0 saturated carbocycles. The van der Waals surface area contributed by atoms with Crippen molar-refractivity contribution in [3.05, 3.63) is 180 Å². The maximum atomic E-state index is 2.62. The number of hydrogen-bond donors (Lipinski definition) is 0. The van der Waals surface area contributed by atoms with E-state index in [0.29, 0.717) is 23.7 Å². The molecule has 0 fully saturated rings. The first kappa shape index (κ1) is 35.9. The molecule has 1 aliphatic heterocycles. The average Bonchev–Trinajstić information content (AvgIpc) is 3.72. The molecule has 0 spiro atoms. The van der Waals surface area contributed by atoms with Crippen LogP contribution in [-0.2, 0) is 0 Å². The van der Waals surface area contributed by atoms with Crippen molar-refractivity contribution in [3.8, 4) is 5.69 Å². The van der Waals surface area contributed by atoms with Gasteiger partial charge in [0, 0.05) is 22.0 Å². The van der Waals surface area contributed by atoms with E-state index in [9.17, 15) is 0 Å². The van der Waals surface area contributed by atoms with Crippen molar-refractivity contribution in [1.82, 2.24) is 4.57 Å². The van der Waals surface area contributed by atoms with Crippen molar-refractivity contribution in [2.75, 3.05) is 9.80 Å². The van der Waals surface area contributed by atoms with E-state index in [1.807, 2.05) is 0 Å². The standard InChI is InChI=1S/C53H52N3/c1-33(2)41-20-15-21-42(34(3)4)51(41)55-49-25-13-14-26-50(49)56(52-43(35(5)6)22-16-23-44(52)36(7)8)53(55)39-28-30-48-46(32-39)45-19-11-12-24-47(45)54(48)40-29-27-37-17-9-10-18-38(37)31-40/h9-36H,1-8H3. The van der Waals surface area contributed by atoms with Gasteiger partial charge in [-0.15, -0.1) is 0 Å². The summed E-state index contributed by atoms with van der Waals surface area (Å²) in [5.74, 6) is 1.34. The van der Waals surface area contributed by atoms with Crippen LogP contribution < -0.4 is 9.80 Å². The van der Waals surface area contributed by atoms with Gasteiger partial charge in [0.15, 0.2) is 6.17 Å². The Hall–Kier alpha value is -5.80. The van der Waals surface area contributed by atoms with Crippen LogP contribution in [0.3, 0.4) is 0 Å². The SMILES string of the molecule is CC(C)c1cccc(C(C)C)c1N1[C](c2ccc3c(c2)c2ccccc2n3-c2ccc3ccccc3c2)N(c2c(C(C)C)cccc2C(C)C)c2ccccc21. The molecular weight excluding hydrogens is 679 g/mol. The normalized spacial score (nSPS) is 13.5. The molecule has 1 radical (unpaired) electrons. The molecule has 0 atom stereocenters. The molecule has 0 bridgehead atoms. The minimum atomic E-state index is 0.336. The fraction of sp³-hybridized carbons (Fsp3) is 0.226. The van der Waals surface area contributed by atoms with Gasteiger partial charge in [-0.2, -0.15) is 0 Å². The fourth-order valence-corrected chi connectivity index (χ4v) is 9.13. The number of aromatic nitrogens is 1. The van der Waals surface area contributed by atoms with E-state index in [4.69, 9.17) is 0 Å². The largest absolute Gasteiger partial charge is 0.309 e. The van der Waals surface area contributed by atoms with E-state index in [0.717, 1.165) is 0 Å². The van der Waals surface area contributed by atoms with E-state index < -0.39 is 0 Å². The molecule has 7 aromatic carbocycles. The quantitative estimate of drug-likeness (QED) is 0.154. The molecule has 9 rings (SSSR count). The summed E-state index contributed by atoms with van der Waals surface area (Å²) >= 11 is 0. The van der Waals surface area contributed by atoms with E-state index >= 15 is 0 Å². The first-order valence-electron chi connectivity index (χ1n) is 20.5. The monoisotopic (exact) mass is 730 g/mol. The molecule has 0 N–H and O–H groups in total. The molecular formula is C53H52N3. The number of fused-ring (bicyclic) bond motifs is 5. The number of nitrogens with zero attached hydrogens (tertiary/aromatic N) is 3. The van der Waals surface area contributed by atoms with Gasteiger partial charge in [-0.3, -0.25) is 0 Å². The van der Waals surface area contributed by atoms with Crippen LogP contribution in [0.1, 0.15) is 107 Å². The number of benzene rings is 7. The predicted octanol–water partition coefficient (Wildman–Crippen LogP) is 15.3. The zero-order valence-corrected chi connectivity index (χ0v) is 34.0. The number of anilines is 4. The average molecular weight is 731 g/mol. The number of rotatable bonds is 8. The number of para-hydroxylation sites is 5. The van der Waals surface area contributed by atoms with Crippen LogP contribution >= 0.6 is 0 Å². The van der Waals surface area contributed by atoms with Crippen LogP contribution in [0.5, 0.6) is 0 Å². The van der Waals surface area contributed by atoms with Gasteiger partial charge in [-0.1, -0.05) is 159 Å². The van der Waals surface area contributed by atoms with Crippen molar-refractivity contribution in [3.63, 3.8) is 0 Å². The molecule has 279 valence electrons. The van der Waals surface area contributed by atoms with E-state index in [-0.39, 0.29) is 0 Å². The summed E-state index contributed by atoms with van der Waals surface area (Å²) < 4.78 is 2.44. The Morgan fingerprint density at radius 2 is 0.857 bits per heavy atom. The van der Waals surface area contributed by atoms with E-state index in [2.05, 4.69) is 215 Å². The Bertz CT molecular complexity index is 2600. The molecule has 3 nitrogen and oxygen atoms in total. The second-order valence-corrected chi connectivity index (χ2v) is 16.8. The lowest BCUT2D eigenvalue weighted by molar-refractivity contribution is 0.807. The molecule has 3 heteroatoms. The molecule has 2 heterocycles. The molecule has 56 heavy (non-hydrogen) atoms. The Kier molecular flexibility index (Phi) is 9.00. The summed E-state index contributed by atoms with van der Waals surface area (Å²) in [7, 11) is 0. The topological polar surface area (TPSA) is 11.4 Å². The van der Waals surface area contributed by atoms with Crippen LogP contribution in [-0.4, -0.2) is 4.57 Å². The first-order valence-corrected chi connectivity index (χ1v) is 20.5. The highest BCUT2D eigenvalue weighted by atomic mass is 15.4. The molecule has 1 aliphatic rings. The summed E-state index contributed by atoms with van der Waals surface area (Å²) in [6.45, 7) is 18.7. The minimum absolute atomic E-state index is 0.336. The molecule has 0 amide bonds. The summed E-state index contributed by atoms with van der Waals surface area (Å²) in [5, 5.41) is 4.99. The zero-order chi connectivity index (χ0) is 38.8. The number of hydrogen-bond acceptors (Lipinski definition) is 2. The maximum Gasteiger partial charge on any atom is 0.196 e. The Morgan fingerprint density at radius 1 is 0.375 bits per heavy atom. The summed E-state index contributed by atoms with van der Waals surface area (Å²) in [6.07, 6.45) is 1.18. The second kappa shape index (κ2) is 14.0. The molecule has 1 aromatic heterocycles. The fourth-order valence-electron chi connectivity index (χ4n) is 9.13. The van der Waals surface area contributed by atoms with Crippen LogP contribution in [0.15, 0.2) is 146 Å². The molecule has 0 unspecified atom stereocenters. The minimum Gasteiger partial charge on any atom is -0.309 e. The molecule has 0 saturated heterocycles. The van der Waals surface area contributed by atoms with Crippen molar-refractivity contribution in [2.24, 2.45) is 0 Å². The maximum absolute atomic E-state index is 2.62. The lowest BCUT2D eigenvalue weighted by Gasteiger charge is -2.37. The first-order chi connectivity index (χ1) is 27.1. The van der Waals surface area contributed by atoms with Crippen LogP contribution in [0, 0.1) is 6.17 Å². The Morgan fingerprint density at radius 3 is 1.41 bits per heavy atom. The summed E-state index contributed by atoms with van der Waals surface area (Å²) in [6, 6.07) is 54.5. The summed E-state index contributed by atoms with van der Waals surface area (Å²) in [4.78, 5) is 5.23. The lowest BCUT2D eigenvalue weighted by Crippen LogP contribution is -2.33. The Balaban J connectivity index is 1.37. The second-order valence-electron chi connectivity index (χ2n) is 16.8. The van der Waals surface area contributed by atoms with Crippen molar-refractivity contribution >= 4 is 55.3 Å². The summed E-state index contributed by atoms with van der Waals surface area (Å²) in [5.41, 5.74) is 15.3. The predicted molar refractivity (Wildman–Crippen MR) is 241 cm³/mol. The van der Waals surface area contributed by atoms with Crippen molar-refractivity contribution in [1.29, 1.82) is 0 Å². The highest BCUT2D eigenvalue weighted by Crippen LogP contribution is 2.58. The molecule has 8 aromatic rings. The van der Waals surface area contributed by atoms with E-state index in [1.165, 1.54) is 95.0 Å². The highest BCUT2D eigenvalue weighted by Gasteiger charge is 2.44. The van der Waals surface area contributed by atoms with Gasteiger partial charge in [0.05, 0.1) is 33.8 Å². The lowest BCUT2D eigenvalue weighted by atomic mass is 9.90. The van der Waals surface area contributed by atoms with Gasteiger partial charge in [0.1, 0.15) is 0 Å². The van der Waals surface area contributed by atoms with Gasteiger partial charge in [-0.25, -0.2) is 0 Å². The van der Waals surface area contributed by atoms with Crippen LogP contribution in [0.4, 0.5) is 22.7 Å². The van der Waals surface area contributed by atoms with Crippen molar-refractivity contribution < 1.29 is 0 Å².